The van der Waals surface area contributed by atoms with Gasteiger partial charge in [0.15, 0.2) is 0 Å². The molecule has 3 nitrogen and oxygen atoms in total. The van der Waals surface area contributed by atoms with Crippen LogP contribution in [0, 0.1) is 6.92 Å². The summed E-state index contributed by atoms with van der Waals surface area (Å²) in [5.74, 6) is 0. The van der Waals surface area contributed by atoms with Crippen LogP contribution in [-0.2, 0) is 6.54 Å². The van der Waals surface area contributed by atoms with Crippen LogP contribution in [0.2, 0.25) is 0 Å². The molecule has 0 saturated heterocycles. The first-order valence-electron chi connectivity index (χ1n) is 4.52. The van der Waals surface area contributed by atoms with E-state index in [0.29, 0.717) is 0 Å². The maximum atomic E-state index is 5.43. The molecule has 1 heterocycles. The zero-order chi connectivity index (χ0) is 9.68. The average molecular weight is 199 g/mol. The molecular weight excluding hydrogens is 182 g/mol. The summed E-state index contributed by atoms with van der Waals surface area (Å²) in [5, 5.41) is 3.26. The summed E-state index contributed by atoms with van der Waals surface area (Å²) in [6.45, 7) is 4.78. The number of aryl methyl sites for hydroxylation is 1. The molecule has 0 unspecified atom stereocenters. The molecule has 1 rings (SSSR count). The highest BCUT2D eigenvalue weighted by molar-refractivity contribution is 7.09. The van der Waals surface area contributed by atoms with E-state index in [1.54, 1.807) is 11.3 Å². The maximum absolute atomic E-state index is 5.43. The number of hydrogen-bond acceptors (Lipinski definition) is 4. The van der Waals surface area contributed by atoms with Crippen LogP contribution < -0.4 is 5.73 Å². The first-order chi connectivity index (χ1) is 6.22. The van der Waals surface area contributed by atoms with Gasteiger partial charge >= 0.3 is 0 Å². The lowest BCUT2D eigenvalue weighted by Crippen LogP contribution is -2.21. The first kappa shape index (κ1) is 10.6. The number of nitrogens with zero attached hydrogens (tertiary/aromatic N) is 2. The predicted octanol–water partition coefficient (Wildman–Crippen LogP) is 1.23. The molecule has 0 radical (unpaired) electrons. The molecule has 0 amide bonds. The van der Waals surface area contributed by atoms with E-state index in [1.165, 1.54) is 5.69 Å². The van der Waals surface area contributed by atoms with Crippen molar-refractivity contribution >= 4 is 11.3 Å². The SMILES string of the molecule is Cc1nc(CN(C)CCCN)cs1. The standard InChI is InChI=1S/C9H17N3S/c1-8-11-9(7-13-8)6-12(2)5-3-4-10/h7H,3-6,10H2,1-2H3. The Balaban J connectivity index is 2.31. The zero-order valence-electron chi connectivity index (χ0n) is 8.29. The summed E-state index contributed by atoms with van der Waals surface area (Å²) in [4.78, 5) is 6.66. The van der Waals surface area contributed by atoms with Crippen molar-refractivity contribution < 1.29 is 0 Å². The second-order valence-corrected chi connectivity index (χ2v) is 4.30. The molecule has 0 aromatic carbocycles. The Morgan fingerprint density at radius 3 is 2.92 bits per heavy atom. The predicted molar refractivity (Wildman–Crippen MR) is 56.9 cm³/mol. The van der Waals surface area contributed by atoms with E-state index in [0.717, 1.165) is 31.1 Å². The van der Waals surface area contributed by atoms with Gasteiger partial charge in [0.05, 0.1) is 10.7 Å². The molecule has 13 heavy (non-hydrogen) atoms. The maximum Gasteiger partial charge on any atom is 0.0897 e. The second-order valence-electron chi connectivity index (χ2n) is 3.24. The van der Waals surface area contributed by atoms with Crippen molar-refractivity contribution in [3.05, 3.63) is 16.1 Å². The second kappa shape index (κ2) is 5.32. The van der Waals surface area contributed by atoms with E-state index in [9.17, 15) is 0 Å². The third-order valence-corrected chi connectivity index (χ3v) is 2.66. The van der Waals surface area contributed by atoms with Crippen molar-refractivity contribution in [3.8, 4) is 0 Å². The summed E-state index contributed by atoms with van der Waals surface area (Å²) in [6, 6.07) is 0. The Kier molecular flexibility index (Phi) is 4.35. The van der Waals surface area contributed by atoms with E-state index in [2.05, 4.69) is 22.3 Å². The molecule has 0 spiro atoms. The largest absolute Gasteiger partial charge is 0.330 e. The van der Waals surface area contributed by atoms with Gasteiger partial charge in [-0.2, -0.15) is 0 Å². The lowest BCUT2D eigenvalue weighted by atomic mass is 10.3. The molecule has 0 aliphatic carbocycles. The van der Waals surface area contributed by atoms with Crippen molar-refractivity contribution in [2.24, 2.45) is 5.73 Å². The van der Waals surface area contributed by atoms with Crippen LogP contribution >= 0.6 is 11.3 Å². The van der Waals surface area contributed by atoms with Crippen molar-refractivity contribution in [2.45, 2.75) is 19.9 Å². The molecule has 74 valence electrons. The lowest BCUT2D eigenvalue weighted by molar-refractivity contribution is 0.321. The summed E-state index contributed by atoms with van der Waals surface area (Å²) in [6.07, 6.45) is 1.06. The highest BCUT2D eigenvalue weighted by Gasteiger charge is 2.02. The van der Waals surface area contributed by atoms with Crippen LogP contribution in [0.5, 0.6) is 0 Å². The van der Waals surface area contributed by atoms with Crippen molar-refractivity contribution in [2.75, 3.05) is 20.1 Å². The van der Waals surface area contributed by atoms with Crippen molar-refractivity contribution in [1.82, 2.24) is 9.88 Å². The zero-order valence-corrected chi connectivity index (χ0v) is 9.10. The topological polar surface area (TPSA) is 42.2 Å². The molecule has 0 aliphatic rings. The summed E-state index contributed by atoms with van der Waals surface area (Å²) in [7, 11) is 2.10. The molecule has 0 atom stereocenters. The van der Waals surface area contributed by atoms with Gasteiger partial charge in [-0.1, -0.05) is 0 Å². The van der Waals surface area contributed by atoms with Gasteiger partial charge in [-0.05, 0) is 33.5 Å². The van der Waals surface area contributed by atoms with Gasteiger partial charge in [-0.25, -0.2) is 4.98 Å². The third kappa shape index (κ3) is 3.85. The Morgan fingerprint density at radius 2 is 2.38 bits per heavy atom. The van der Waals surface area contributed by atoms with Crippen LogP contribution in [0.25, 0.3) is 0 Å². The highest BCUT2D eigenvalue weighted by Crippen LogP contribution is 2.09. The Morgan fingerprint density at radius 1 is 1.62 bits per heavy atom. The van der Waals surface area contributed by atoms with Gasteiger partial charge in [0.1, 0.15) is 0 Å². The Labute approximate surface area is 83.6 Å². The summed E-state index contributed by atoms with van der Waals surface area (Å²) in [5.41, 5.74) is 6.60. The van der Waals surface area contributed by atoms with Crippen LogP contribution in [-0.4, -0.2) is 30.0 Å². The average Bonchev–Trinajstić information content (AvgIpc) is 2.48. The van der Waals surface area contributed by atoms with E-state index >= 15 is 0 Å². The van der Waals surface area contributed by atoms with Crippen LogP contribution in [0.1, 0.15) is 17.1 Å². The molecule has 0 saturated carbocycles. The van der Waals surface area contributed by atoms with Crippen LogP contribution in [0.15, 0.2) is 5.38 Å². The molecule has 0 fully saturated rings. The minimum atomic E-state index is 0.764. The lowest BCUT2D eigenvalue weighted by Gasteiger charge is -2.13. The molecule has 1 aromatic rings. The molecule has 0 aliphatic heterocycles. The fourth-order valence-corrected chi connectivity index (χ4v) is 1.80. The Hall–Kier alpha value is -0.450. The van der Waals surface area contributed by atoms with Gasteiger partial charge in [0, 0.05) is 11.9 Å². The van der Waals surface area contributed by atoms with Gasteiger partial charge < -0.3 is 10.6 Å². The number of aromatic nitrogens is 1. The molecule has 0 bridgehead atoms. The fourth-order valence-electron chi connectivity index (χ4n) is 1.20. The fraction of sp³-hybridized carbons (Fsp3) is 0.667. The smallest absolute Gasteiger partial charge is 0.0897 e. The van der Waals surface area contributed by atoms with E-state index < -0.39 is 0 Å². The molecule has 1 aromatic heterocycles. The minimum absolute atomic E-state index is 0.764. The van der Waals surface area contributed by atoms with Crippen molar-refractivity contribution in [3.63, 3.8) is 0 Å². The summed E-state index contributed by atoms with van der Waals surface area (Å²) < 4.78 is 0. The number of nitrogens with two attached hydrogens (primary N) is 1. The van der Waals surface area contributed by atoms with Crippen molar-refractivity contribution in [1.29, 1.82) is 0 Å². The number of rotatable bonds is 5. The van der Waals surface area contributed by atoms with Crippen LogP contribution in [0.3, 0.4) is 0 Å². The minimum Gasteiger partial charge on any atom is -0.330 e. The van der Waals surface area contributed by atoms with Crippen LogP contribution in [0.4, 0.5) is 0 Å². The highest BCUT2D eigenvalue weighted by atomic mass is 32.1. The summed E-state index contributed by atoms with van der Waals surface area (Å²) >= 11 is 1.71. The van der Waals surface area contributed by atoms with Gasteiger partial charge in [0.2, 0.25) is 0 Å². The van der Waals surface area contributed by atoms with E-state index in [1.807, 2.05) is 6.92 Å². The molecular formula is C9H17N3S. The van der Waals surface area contributed by atoms with Gasteiger partial charge in [0.25, 0.3) is 0 Å². The normalized spacial score (nSPS) is 11.1. The first-order valence-corrected chi connectivity index (χ1v) is 5.40. The molecule has 4 heteroatoms. The third-order valence-electron chi connectivity index (χ3n) is 1.84. The molecule has 2 N–H and O–H groups in total. The van der Waals surface area contributed by atoms with E-state index in [4.69, 9.17) is 5.73 Å². The van der Waals surface area contributed by atoms with Gasteiger partial charge in [-0.3, -0.25) is 0 Å². The number of hydrogen-bond donors (Lipinski definition) is 1. The Bertz CT molecular complexity index is 247. The monoisotopic (exact) mass is 199 g/mol. The van der Waals surface area contributed by atoms with E-state index in [-0.39, 0.29) is 0 Å². The quantitative estimate of drug-likeness (QED) is 0.775. The van der Waals surface area contributed by atoms with Gasteiger partial charge in [-0.15, -0.1) is 11.3 Å². The number of thiazole rings is 1.